The Morgan fingerprint density at radius 1 is 0.897 bits per heavy atom. The van der Waals surface area contributed by atoms with Gasteiger partial charge in [0.25, 0.3) is 5.91 Å². The van der Waals surface area contributed by atoms with E-state index in [-0.39, 0.29) is 23.6 Å². The summed E-state index contributed by atoms with van der Waals surface area (Å²) in [7, 11) is -1.11. The quantitative estimate of drug-likeness (QED) is 0.0944. The van der Waals surface area contributed by atoms with Crippen LogP contribution >= 0.6 is 23.1 Å². The standard InChI is InChI=1S/C48H55BrN13O5P/c1-5-29-23-38(54-48-52-25-34(49)45(56-48)53-37-9-8-36-43(51-15-14-50-36)44(37)68(3,4)66)41(67-2)24-40(29)59-16-12-32(13-17-59)58-18-20-60(21-19-58)47(65)31-26-61(27-31)33-6-7-35-30(22-33)28-62(57-35)39-10-11-42(63)55-46(39)64/h6-9,14-15,22-25,28,31-32,39H,5,10-13,16-21,26-27H2,1-4H3,(H,55,63,64)(H2,52,53,54,56). The summed E-state index contributed by atoms with van der Waals surface area (Å²) in [5.41, 5.74) is 6.83. The second-order valence-corrected chi connectivity index (χ2v) is 22.4. The Labute approximate surface area is 402 Å². The minimum Gasteiger partial charge on any atom is -0.494 e. The van der Waals surface area contributed by atoms with Gasteiger partial charge in [0.1, 0.15) is 30.3 Å². The summed E-state index contributed by atoms with van der Waals surface area (Å²) in [6, 6.07) is 14.0. The number of ether oxygens (including phenoxy) is 1. The number of imide groups is 1. The summed E-state index contributed by atoms with van der Waals surface area (Å²) in [4.78, 5) is 65.3. The first-order chi connectivity index (χ1) is 32.8. The molecule has 3 aromatic heterocycles. The number of methoxy groups -OCH3 is 1. The predicted octanol–water partition coefficient (Wildman–Crippen LogP) is 6.07. The molecule has 3 amide bonds. The number of nitrogens with zero attached hydrogens (tertiary/aromatic N) is 10. The van der Waals surface area contributed by atoms with Crippen molar-refractivity contribution in [1.82, 2.24) is 44.8 Å². The number of halogens is 1. The van der Waals surface area contributed by atoms with Gasteiger partial charge in [-0.15, -0.1) is 0 Å². The maximum Gasteiger partial charge on any atom is 0.251 e. The molecule has 7 heterocycles. The molecule has 354 valence electrons. The van der Waals surface area contributed by atoms with E-state index in [2.05, 4.69) is 96.7 Å². The molecule has 0 spiro atoms. The molecule has 1 unspecified atom stereocenters. The number of benzene rings is 3. The SMILES string of the molecule is CCc1cc(Nc2ncc(Br)c(Nc3ccc4nccnc4c3P(C)(C)=O)n2)c(OC)cc1N1CCC(N2CCN(C(=O)C3CN(c4ccc5nn(C6CCC(=O)NC6=O)cc5c4)C3)CC2)CC1. The Bertz CT molecular complexity index is 2980. The summed E-state index contributed by atoms with van der Waals surface area (Å²) in [5.74, 6) is 1.20. The molecule has 0 aliphatic carbocycles. The average molecular weight is 1000 g/mol. The highest BCUT2D eigenvalue weighted by Crippen LogP contribution is 2.42. The van der Waals surface area contributed by atoms with E-state index in [0.29, 0.717) is 76.0 Å². The van der Waals surface area contributed by atoms with Crippen molar-refractivity contribution in [3.8, 4) is 5.75 Å². The zero-order valence-electron chi connectivity index (χ0n) is 38.6. The van der Waals surface area contributed by atoms with Gasteiger partial charge in [0.05, 0.1) is 45.2 Å². The van der Waals surface area contributed by atoms with Crippen LogP contribution in [0.5, 0.6) is 5.75 Å². The van der Waals surface area contributed by atoms with Gasteiger partial charge in [-0.3, -0.25) is 39.3 Å². The number of piperazine rings is 1. The van der Waals surface area contributed by atoms with Crippen molar-refractivity contribution in [3.63, 3.8) is 0 Å². The molecule has 3 N–H and O–H groups in total. The smallest absolute Gasteiger partial charge is 0.251 e. The van der Waals surface area contributed by atoms with Crippen molar-refractivity contribution >= 4 is 103 Å². The average Bonchev–Trinajstić information content (AvgIpc) is 3.75. The number of anilines is 6. The maximum atomic E-state index is 13.7. The highest BCUT2D eigenvalue weighted by atomic mass is 79.9. The second-order valence-electron chi connectivity index (χ2n) is 18.4. The van der Waals surface area contributed by atoms with E-state index >= 15 is 0 Å². The monoisotopic (exact) mass is 1000 g/mol. The van der Waals surface area contributed by atoms with Gasteiger partial charge < -0.3 is 34.6 Å². The molecule has 4 fully saturated rings. The number of amides is 3. The summed E-state index contributed by atoms with van der Waals surface area (Å²) < 4.78 is 21.8. The first-order valence-corrected chi connectivity index (χ1v) is 26.6. The molecular weight excluding hydrogens is 949 g/mol. The Morgan fingerprint density at radius 3 is 2.40 bits per heavy atom. The third kappa shape index (κ3) is 9.10. The van der Waals surface area contributed by atoms with Gasteiger partial charge >= 0.3 is 0 Å². The van der Waals surface area contributed by atoms with Crippen molar-refractivity contribution in [2.75, 3.05) is 93.2 Å². The van der Waals surface area contributed by atoms with Gasteiger partial charge in [0, 0.05) is 112 Å². The van der Waals surface area contributed by atoms with E-state index in [9.17, 15) is 18.9 Å². The zero-order chi connectivity index (χ0) is 47.3. The van der Waals surface area contributed by atoms with Gasteiger partial charge in [-0.2, -0.15) is 10.1 Å². The van der Waals surface area contributed by atoms with Gasteiger partial charge in [-0.25, -0.2) is 4.98 Å². The summed E-state index contributed by atoms with van der Waals surface area (Å²) in [6.45, 7) is 12.0. The van der Waals surface area contributed by atoms with E-state index in [1.165, 1.54) is 5.56 Å². The molecule has 68 heavy (non-hydrogen) atoms. The summed E-state index contributed by atoms with van der Waals surface area (Å²) in [5, 5.41) is 15.3. The lowest BCUT2D eigenvalue weighted by atomic mass is 9.96. The van der Waals surface area contributed by atoms with E-state index in [1.807, 2.05) is 30.5 Å². The number of hydrogen-bond acceptors (Lipinski definition) is 15. The molecule has 0 radical (unpaired) electrons. The summed E-state index contributed by atoms with van der Waals surface area (Å²) in [6.07, 6.45) is 10.4. The van der Waals surface area contributed by atoms with Crippen LogP contribution in [0.2, 0.25) is 0 Å². The van der Waals surface area contributed by atoms with E-state index in [4.69, 9.17) is 9.72 Å². The highest BCUT2D eigenvalue weighted by molar-refractivity contribution is 9.10. The second kappa shape index (κ2) is 18.7. The molecule has 6 aromatic rings. The molecule has 20 heteroatoms. The minimum atomic E-state index is -2.78. The van der Waals surface area contributed by atoms with Gasteiger partial charge in [0.2, 0.25) is 17.8 Å². The number of rotatable bonds is 12. The fourth-order valence-corrected chi connectivity index (χ4v) is 11.8. The Kier molecular flexibility index (Phi) is 12.6. The molecule has 4 aliphatic rings. The van der Waals surface area contributed by atoms with Crippen LogP contribution in [-0.2, 0) is 25.4 Å². The van der Waals surface area contributed by atoms with E-state index < -0.39 is 13.2 Å². The number of carbonyl (C=O) groups is 3. The third-order valence-electron chi connectivity index (χ3n) is 13.8. The molecule has 3 aromatic carbocycles. The number of carbonyl (C=O) groups excluding carboxylic acids is 3. The lowest BCUT2D eigenvalue weighted by molar-refractivity contribution is -0.138. The fourth-order valence-electron chi connectivity index (χ4n) is 10.1. The van der Waals surface area contributed by atoms with E-state index in [0.717, 1.165) is 86.5 Å². The normalized spacial score (nSPS) is 18.8. The van der Waals surface area contributed by atoms with Crippen LogP contribution in [0.3, 0.4) is 0 Å². The minimum absolute atomic E-state index is 0.0280. The number of nitrogens with one attached hydrogen (secondary N) is 3. The first kappa shape index (κ1) is 45.6. The summed E-state index contributed by atoms with van der Waals surface area (Å²) >= 11 is 3.60. The van der Waals surface area contributed by atoms with Crippen molar-refractivity contribution in [2.24, 2.45) is 5.92 Å². The number of piperidine rings is 2. The number of hydrogen-bond donors (Lipinski definition) is 3. The highest BCUT2D eigenvalue weighted by Gasteiger charge is 2.38. The lowest BCUT2D eigenvalue weighted by Crippen LogP contribution is -2.59. The first-order valence-electron chi connectivity index (χ1n) is 23.3. The Morgan fingerprint density at radius 2 is 1.66 bits per heavy atom. The van der Waals surface area contributed by atoms with Crippen LogP contribution in [0.4, 0.5) is 34.5 Å². The van der Waals surface area contributed by atoms with Gasteiger partial charge in [-0.1, -0.05) is 6.92 Å². The molecule has 0 saturated carbocycles. The molecule has 4 aliphatic heterocycles. The van der Waals surface area contributed by atoms with Crippen molar-refractivity contribution in [3.05, 3.63) is 77.3 Å². The number of aromatic nitrogens is 6. The molecule has 18 nitrogen and oxygen atoms in total. The van der Waals surface area contributed by atoms with Crippen LogP contribution in [0.1, 0.15) is 44.2 Å². The van der Waals surface area contributed by atoms with Gasteiger partial charge in [-0.05, 0) is 96.9 Å². The van der Waals surface area contributed by atoms with Crippen LogP contribution in [0.15, 0.2) is 71.7 Å². The van der Waals surface area contributed by atoms with Crippen molar-refractivity contribution < 1.29 is 23.7 Å². The molecule has 1 atom stereocenters. The van der Waals surface area contributed by atoms with Gasteiger partial charge in [0.15, 0.2) is 0 Å². The Hall–Kier alpha value is -6.17. The Balaban J connectivity index is 0.727. The predicted molar refractivity (Wildman–Crippen MR) is 268 cm³/mol. The maximum absolute atomic E-state index is 13.7. The zero-order valence-corrected chi connectivity index (χ0v) is 41.1. The van der Waals surface area contributed by atoms with Crippen LogP contribution in [-0.4, -0.2) is 136 Å². The van der Waals surface area contributed by atoms with Crippen LogP contribution in [0.25, 0.3) is 21.9 Å². The van der Waals surface area contributed by atoms with Crippen molar-refractivity contribution in [2.45, 2.75) is 51.1 Å². The molecular formula is C48H55BrN13O5P. The van der Waals surface area contributed by atoms with Crippen LogP contribution in [0, 0.1) is 5.92 Å². The fraction of sp³-hybridized carbons (Fsp3) is 0.417. The molecule has 10 rings (SSSR count). The third-order valence-corrected chi connectivity index (χ3v) is 15.9. The molecule has 0 bridgehead atoms. The largest absolute Gasteiger partial charge is 0.494 e. The van der Waals surface area contributed by atoms with Crippen LogP contribution < -0.4 is 35.8 Å². The van der Waals surface area contributed by atoms with E-state index in [1.54, 1.807) is 43.7 Å². The van der Waals surface area contributed by atoms with Crippen molar-refractivity contribution in [1.29, 1.82) is 0 Å². The number of aryl methyl sites for hydroxylation is 1. The number of fused-ring (bicyclic) bond motifs is 2. The lowest BCUT2D eigenvalue weighted by Gasteiger charge is -2.46. The topological polar surface area (TPSA) is 196 Å². The molecule has 4 saturated heterocycles.